The van der Waals surface area contributed by atoms with Crippen molar-refractivity contribution in [3.63, 3.8) is 0 Å². The molecule has 98 valence electrons. The van der Waals surface area contributed by atoms with Crippen molar-refractivity contribution in [2.24, 2.45) is 5.41 Å². The Morgan fingerprint density at radius 3 is 2.53 bits per heavy atom. The van der Waals surface area contributed by atoms with Crippen molar-refractivity contribution in [2.75, 3.05) is 26.7 Å². The van der Waals surface area contributed by atoms with Crippen LogP contribution in [0.25, 0.3) is 0 Å². The molecule has 1 unspecified atom stereocenters. The minimum Gasteiger partial charge on any atom is -0.467 e. The second-order valence-electron chi connectivity index (χ2n) is 5.43. The maximum absolute atomic E-state index is 11.5. The average Bonchev–Trinajstić information content (AvgIpc) is 2.55. The normalized spacial score (nSPS) is 20.9. The highest BCUT2D eigenvalue weighted by Crippen LogP contribution is 2.28. The summed E-state index contributed by atoms with van der Waals surface area (Å²) in [6, 6.07) is -0.564. The lowest BCUT2D eigenvalue weighted by Gasteiger charge is -2.24. The Morgan fingerprint density at radius 2 is 2.12 bits per heavy atom. The van der Waals surface area contributed by atoms with E-state index in [1.54, 1.807) is 0 Å². The van der Waals surface area contributed by atoms with Crippen molar-refractivity contribution in [2.45, 2.75) is 33.2 Å². The van der Waals surface area contributed by atoms with Crippen LogP contribution in [0.3, 0.4) is 0 Å². The molecule has 17 heavy (non-hydrogen) atoms. The van der Waals surface area contributed by atoms with Gasteiger partial charge in [-0.25, -0.2) is 4.79 Å². The zero-order valence-electron chi connectivity index (χ0n) is 11.1. The molecular formula is C12H22N2O3. The average molecular weight is 242 g/mol. The fourth-order valence-electron chi connectivity index (χ4n) is 2.20. The van der Waals surface area contributed by atoms with Gasteiger partial charge in [0.2, 0.25) is 5.91 Å². The number of likely N-dealkylation sites (tertiary alicyclic amines) is 1. The molecule has 5 heteroatoms. The predicted octanol–water partition coefficient (Wildman–Crippen LogP) is 0.396. The molecule has 1 fully saturated rings. The fourth-order valence-corrected chi connectivity index (χ4v) is 2.20. The minimum absolute atomic E-state index is 0.209. The molecule has 1 atom stereocenters. The van der Waals surface area contributed by atoms with Gasteiger partial charge in [-0.15, -0.1) is 0 Å². The zero-order valence-corrected chi connectivity index (χ0v) is 11.1. The summed E-state index contributed by atoms with van der Waals surface area (Å²) in [5.74, 6) is -0.594. The van der Waals surface area contributed by atoms with E-state index in [9.17, 15) is 9.59 Å². The first-order valence-electron chi connectivity index (χ1n) is 5.91. The van der Waals surface area contributed by atoms with Crippen molar-refractivity contribution < 1.29 is 14.3 Å². The molecule has 0 bridgehead atoms. The molecular weight excluding hydrogens is 220 g/mol. The smallest absolute Gasteiger partial charge is 0.329 e. The fraction of sp³-hybridized carbons (Fsp3) is 0.833. The van der Waals surface area contributed by atoms with Crippen molar-refractivity contribution in [3.8, 4) is 0 Å². The maximum Gasteiger partial charge on any atom is 0.329 e. The lowest BCUT2D eigenvalue weighted by atomic mass is 9.93. The van der Waals surface area contributed by atoms with Crippen LogP contribution >= 0.6 is 0 Å². The van der Waals surface area contributed by atoms with E-state index in [4.69, 9.17) is 4.74 Å². The summed E-state index contributed by atoms with van der Waals surface area (Å²) in [4.78, 5) is 24.8. The van der Waals surface area contributed by atoms with Crippen LogP contribution in [-0.2, 0) is 14.3 Å². The number of methoxy groups -OCH3 is 1. The van der Waals surface area contributed by atoms with Gasteiger partial charge in [0, 0.05) is 20.0 Å². The molecule has 0 saturated carbocycles. The number of hydrogen-bond acceptors (Lipinski definition) is 4. The third-order valence-corrected chi connectivity index (χ3v) is 3.06. The van der Waals surface area contributed by atoms with Crippen LogP contribution in [-0.4, -0.2) is 49.6 Å². The third-order valence-electron chi connectivity index (χ3n) is 3.06. The highest BCUT2D eigenvalue weighted by atomic mass is 16.5. The summed E-state index contributed by atoms with van der Waals surface area (Å²) >= 11 is 0. The van der Waals surface area contributed by atoms with Crippen molar-refractivity contribution in [1.82, 2.24) is 10.2 Å². The number of nitrogens with one attached hydrogen (secondary N) is 1. The first-order valence-corrected chi connectivity index (χ1v) is 5.91. The summed E-state index contributed by atoms with van der Waals surface area (Å²) in [5, 5.41) is 2.63. The van der Waals surface area contributed by atoms with Gasteiger partial charge in [-0.3, -0.25) is 4.79 Å². The van der Waals surface area contributed by atoms with Gasteiger partial charge >= 0.3 is 5.97 Å². The number of nitrogens with zero attached hydrogens (tertiary/aromatic N) is 1. The molecule has 0 aromatic rings. The van der Waals surface area contributed by atoms with Gasteiger partial charge in [-0.05, 0) is 18.4 Å². The van der Waals surface area contributed by atoms with E-state index in [-0.39, 0.29) is 17.3 Å². The highest BCUT2D eigenvalue weighted by molar-refractivity contribution is 5.83. The van der Waals surface area contributed by atoms with Crippen LogP contribution in [0.4, 0.5) is 0 Å². The van der Waals surface area contributed by atoms with Crippen molar-refractivity contribution in [3.05, 3.63) is 0 Å². The van der Waals surface area contributed by atoms with Crippen LogP contribution in [0.15, 0.2) is 0 Å². The number of esters is 1. The molecule has 0 radical (unpaired) electrons. The highest BCUT2D eigenvalue weighted by Gasteiger charge is 2.32. The number of amides is 1. The van der Waals surface area contributed by atoms with Crippen molar-refractivity contribution in [1.29, 1.82) is 0 Å². The Morgan fingerprint density at radius 1 is 1.47 bits per heavy atom. The number of carbonyl (C=O) groups excluding carboxylic acids is 2. The van der Waals surface area contributed by atoms with Crippen LogP contribution < -0.4 is 5.32 Å². The minimum atomic E-state index is -0.564. The van der Waals surface area contributed by atoms with E-state index in [2.05, 4.69) is 24.1 Å². The number of ether oxygens (including phenoxy) is 1. The van der Waals surface area contributed by atoms with Gasteiger partial charge < -0.3 is 15.0 Å². The molecule has 0 aromatic carbocycles. The molecule has 1 aliphatic rings. The monoisotopic (exact) mass is 242 g/mol. The Kier molecular flexibility index (Phi) is 4.51. The van der Waals surface area contributed by atoms with Crippen LogP contribution in [0.5, 0.6) is 0 Å². The van der Waals surface area contributed by atoms with E-state index < -0.39 is 6.04 Å². The van der Waals surface area contributed by atoms with Crippen LogP contribution in [0, 0.1) is 5.41 Å². The summed E-state index contributed by atoms with van der Waals surface area (Å²) < 4.78 is 4.70. The van der Waals surface area contributed by atoms with E-state index in [0.717, 1.165) is 19.5 Å². The summed E-state index contributed by atoms with van der Waals surface area (Å²) in [6.45, 7) is 8.25. The quantitative estimate of drug-likeness (QED) is 0.725. The summed E-state index contributed by atoms with van der Waals surface area (Å²) in [7, 11) is 1.34. The van der Waals surface area contributed by atoms with Gasteiger partial charge in [0.25, 0.3) is 0 Å². The Labute approximate surface area is 102 Å². The molecule has 5 nitrogen and oxygen atoms in total. The number of rotatable bonds is 4. The van der Waals surface area contributed by atoms with Crippen molar-refractivity contribution >= 4 is 11.9 Å². The molecule has 0 spiro atoms. The molecule has 1 saturated heterocycles. The first-order chi connectivity index (χ1) is 7.84. The SMILES string of the molecule is COC(=O)C(CN1CCC(C)(C)C1)NC(C)=O. The van der Waals surface area contributed by atoms with Gasteiger partial charge in [-0.2, -0.15) is 0 Å². The standard InChI is InChI=1S/C12H22N2O3/c1-9(15)13-10(11(16)17-4)7-14-6-5-12(2,3)8-14/h10H,5-8H2,1-4H3,(H,13,15). The molecule has 1 N–H and O–H groups in total. The molecule has 0 aliphatic carbocycles. The molecule has 1 heterocycles. The largest absolute Gasteiger partial charge is 0.467 e. The topological polar surface area (TPSA) is 58.6 Å². The third kappa shape index (κ3) is 4.34. The van der Waals surface area contributed by atoms with Gasteiger partial charge in [0.1, 0.15) is 6.04 Å². The second-order valence-corrected chi connectivity index (χ2v) is 5.43. The van der Waals surface area contributed by atoms with E-state index >= 15 is 0 Å². The van der Waals surface area contributed by atoms with Gasteiger partial charge in [0.05, 0.1) is 7.11 Å². The van der Waals surface area contributed by atoms with Crippen LogP contribution in [0.1, 0.15) is 27.2 Å². The lowest BCUT2D eigenvalue weighted by molar-refractivity contribution is -0.145. The maximum atomic E-state index is 11.5. The molecule has 1 aliphatic heterocycles. The second kappa shape index (κ2) is 5.49. The zero-order chi connectivity index (χ0) is 13.1. The summed E-state index contributed by atoms with van der Waals surface area (Å²) in [6.07, 6.45) is 1.11. The van der Waals surface area contributed by atoms with E-state index in [1.165, 1.54) is 14.0 Å². The van der Waals surface area contributed by atoms with Gasteiger partial charge in [0.15, 0.2) is 0 Å². The molecule has 1 amide bonds. The van der Waals surface area contributed by atoms with Gasteiger partial charge in [-0.1, -0.05) is 13.8 Å². The predicted molar refractivity (Wildman–Crippen MR) is 64.5 cm³/mol. The number of carbonyl (C=O) groups is 2. The lowest BCUT2D eigenvalue weighted by Crippen LogP contribution is -2.48. The molecule has 0 aromatic heterocycles. The van der Waals surface area contributed by atoms with E-state index in [0.29, 0.717) is 6.54 Å². The Balaban J connectivity index is 2.55. The Bertz CT molecular complexity index is 302. The van der Waals surface area contributed by atoms with Crippen LogP contribution in [0.2, 0.25) is 0 Å². The summed E-state index contributed by atoms with van der Waals surface area (Å²) in [5.41, 5.74) is 0.289. The molecule has 1 rings (SSSR count). The first kappa shape index (κ1) is 14.0. The van der Waals surface area contributed by atoms with E-state index in [1.807, 2.05) is 0 Å². The Hall–Kier alpha value is -1.10. The number of hydrogen-bond donors (Lipinski definition) is 1.